The fourth-order valence-electron chi connectivity index (χ4n) is 4.15. The van der Waals surface area contributed by atoms with E-state index in [4.69, 9.17) is 20.1 Å². The highest BCUT2D eigenvalue weighted by Crippen LogP contribution is 2.35. The summed E-state index contributed by atoms with van der Waals surface area (Å²) >= 11 is 3.57. The molecule has 0 aliphatic carbocycles. The molecular formula is C28H23BrN2O7. The summed E-state index contributed by atoms with van der Waals surface area (Å²) in [6.45, 7) is 0.470. The molecule has 0 radical (unpaired) electrons. The van der Waals surface area contributed by atoms with E-state index in [2.05, 4.69) is 37.4 Å². The maximum absolute atomic E-state index is 13.4. The zero-order valence-electron chi connectivity index (χ0n) is 20.0. The van der Waals surface area contributed by atoms with E-state index in [9.17, 15) is 14.4 Å². The number of carboxylic acid groups (broad SMARTS) is 2. The molecule has 0 aliphatic heterocycles. The molecule has 5 aromatic rings. The van der Waals surface area contributed by atoms with Crippen molar-refractivity contribution >= 4 is 55.1 Å². The van der Waals surface area contributed by atoms with Gasteiger partial charge in [0.2, 0.25) is 0 Å². The zero-order chi connectivity index (χ0) is 27.2. The summed E-state index contributed by atoms with van der Waals surface area (Å²) in [6, 6.07) is 13.8. The first-order valence-corrected chi connectivity index (χ1v) is 12.4. The van der Waals surface area contributed by atoms with Crippen molar-refractivity contribution in [1.82, 2.24) is 9.38 Å². The van der Waals surface area contributed by atoms with Gasteiger partial charge in [-0.1, -0.05) is 28.1 Å². The van der Waals surface area contributed by atoms with Gasteiger partial charge in [-0.25, -0.2) is 9.59 Å². The largest absolute Gasteiger partial charge is 0.493 e. The Labute approximate surface area is 224 Å². The van der Waals surface area contributed by atoms with Crippen molar-refractivity contribution in [2.45, 2.75) is 12.8 Å². The van der Waals surface area contributed by atoms with Crippen molar-refractivity contribution in [2.75, 3.05) is 13.2 Å². The highest BCUT2D eigenvalue weighted by Gasteiger charge is 2.18. The fourth-order valence-corrected chi connectivity index (χ4v) is 4.50. The third kappa shape index (κ3) is 5.99. The van der Waals surface area contributed by atoms with Gasteiger partial charge in [-0.2, -0.15) is 0 Å². The van der Waals surface area contributed by atoms with Crippen molar-refractivity contribution in [1.29, 1.82) is 0 Å². The Morgan fingerprint density at radius 3 is 2.42 bits per heavy atom. The van der Waals surface area contributed by atoms with Crippen molar-refractivity contribution in [3.8, 4) is 5.75 Å². The molecule has 0 saturated carbocycles. The normalized spacial score (nSPS) is 11.2. The topological polar surface area (TPSA) is 138 Å². The van der Waals surface area contributed by atoms with Crippen LogP contribution in [0.25, 0.3) is 27.2 Å². The van der Waals surface area contributed by atoms with Gasteiger partial charge in [0, 0.05) is 71.0 Å². The lowest BCUT2D eigenvalue weighted by Gasteiger charge is -2.09. The quantitative estimate of drug-likeness (QED) is 0.183. The fraction of sp³-hybridized carbons (Fsp3) is 0.143. The monoisotopic (exact) mass is 578 g/mol. The van der Waals surface area contributed by atoms with Crippen molar-refractivity contribution in [3.05, 3.63) is 99.0 Å². The molecule has 0 atom stereocenters. The van der Waals surface area contributed by atoms with Crippen LogP contribution in [0.2, 0.25) is 0 Å². The van der Waals surface area contributed by atoms with E-state index >= 15 is 0 Å². The number of carboxylic acids is 2. The molecule has 38 heavy (non-hydrogen) atoms. The Bertz CT molecular complexity index is 1680. The number of fused-ring (bicyclic) bond motifs is 3. The minimum atomic E-state index is -1.26. The Morgan fingerprint density at radius 2 is 1.76 bits per heavy atom. The molecule has 0 unspecified atom stereocenters. The summed E-state index contributed by atoms with van der Waals surface area (Å²) in [5.74, 6) is -1.87. The lowest BCUT2D eigenvalue weighted by atomic mass is 10.0. The van der Waals surface area contributed by atoms with Gasteiger partial charge in [0.05, 0.1) is 23.0 Å². The maximum Gasteiger partial charge on any atom is 0.328 e. The molecule has 0 saturated heterocycles. The van der Waals surface area contributed by atoms with Crippen molar-refractivity contribution in [2.24, 2.45) is 0 Å². The van der Waals surface area contributed by atoms with Gasteiger partial charge < -0.3 is 24.5 Å². The molecule has 10 heteroatoms. The minimum absolute atomic E-state index is 0.00540. The van der Waals surface area contributed by atoms with Gasteiger partial charge in [0.15, 0.2) is 5.43 Å². The first-order chi connectivity index (χ1) is 18.3. The van der Waals surface area contributed by atoms with Crippen LogP contribution >= 0.6 is 15.9 Å². The highest BCUT2D eigenvalue weighted by molar-refractivity contribution is 9.10. The van der Waals surface area contributed by atoms with E-state index in [1.165, 1.54) is 0 Å². The van der Waals surface area contributed by atoms with Crippen LogP contribution in [0.3, 0.4) is 0 Å². The second-order valence-corrected chi connectivity index (χ2v) is 9.27. The van der Waals surface area contributed by atoms with Gasteiger partial charge >= 0.3 is 11.9 Å². The SMILES string of the molecule is O=C(O)/C=C\C(=O)O.O=c1c(Cc2cccnc2)cn2c3cc(Br)ccc3c3cc(OCCCO)cc1c32. The van der Waals surface area contributed by atoms with E-state index in [1.54, 1.807) is 12.4 Å². The maximum atomic E-state index is 13.4. The number of rotatable bonds is 8. The summed E-state index contributed by atoms with van der Waals surface area (Å²) in [7, 11) is 0. The highest BCUT2D eigenvalue weighted by atomic mass is 79.9. The number of aliphatic hydroxyl groups excluding tert-OH is 1. The van der Waals surface area contributed by atoms with Crippen LogP contribution in [0.1, 0.15) is 17.5 Å². The number of carbonyl (C=O) groups is 2. The number of pyridine rings is 2. The summed E-state index contributed by atoms with van der Waals surface area (Å²) < 4.78 is 8.93. The predicted octanol–water partition coefficient (Wildman–Crippen LogP) is 4.27. The molecule has 0 fully saturated rings. The van der Waals surface area contributed by atoms with E-state index in [0.29, 0.717) is 48.3 Å². The number of aliphatic carboxylic acids is 2. The van der Waals surface area contributed by atoms with E-state index in [1.807, 2.05) is 36.5 Å². The number of aliphatic hydroxyl groups is 1. The molecule has 3 N–H and O–H groups in total. The predicted molar refractivity (Wildman–Crippen MR) is 146 cm³/mol. The summed E-state index contributed by atoms with van der Waals surface area (Å²) in [5.41, 5.74) is 3.64. The Kier molecular flexibility index (Phi) is 8.35. The van der Waals surface area contributed by atoms with Crippen LogP contribution in [0.5, 0.6) is 5.75 Å². The van der Waals surface area contributed by atoms with E-state index < -0.39 is 11.9 Å². The van der Waals surface area contributed by atoms with E-state index in [-0.39, 0.29) is 12.0 Å². The van der Waals surface area contributed by atoms with Gasteiger partial charge in [-0.3, -0.25) is 9.78 Å². The van der Waals surface area contributed by atoms with Gasteiger partial charge in [-0.05, 0) is 35.9 Å². The average Bonchev–Trinajstić information content (AvgIpc) is 3.19. The van der Waals surface area contributed by atoms with Gasteiger partial charge in [-0.15, -0.1) is 0 Å². The number of benzene rings is 2. The van der Waals surface area contributed by atoms with Crippen molar-refractivity contribution in [3.63, 3.8) is 0 Å². The number of ether oxygens (including phenoxy) is 1. The van der Waals surface area contributed by atoms with E-state index in [0.717, 1.165) is 31.8 Å². The van der Waals surface area contributed by atoms with Crippen LogP contribution in [-0.4, -0.2) is 49.9 Å². The molecule has 0 amide bonds. The van der Waals surface area contributed by atoms with Crippen molar-refractivity contribution < 1.29 is 29.6 Å². The van der Waals surface area contributed by atoms with Gasteiger partial charge in [0.25, 0.3) is 0 Å². The molecular weight excluding hydrogens is 556 g/mol. The van der Waals surface area contributed by atoms with Crippen LogP contribution in [-0.2, 0) is 16.0 Å². The van der Waals surface area contributed by atoms with Crippen LogP contribution in [0, 0.1) is 0 Å². The molecule has 0 spiro atoms. The first-order valence-electron chi connectivity index (χ1n) is 11.6. The number of aromatic nitrogens is 2. The molecule has 0 aliphatic rings. The molecule has 9 nitrogen and oxygen atoms in total. The molecule has 5 rings (SSSR count). The summed E-state index contributed by atoms with van der Waals surface area (Å²) in [5, 5.41) is 27.4. The average molecular weight is 579 g/mol. The van der Waals surface area contributed by atoms with Crippen LogP contribution in [0.4, 0.5) is 0 Å². The Morgan fingerprint density at radius 1 is 1.03 bits per heavy atom. The number of hydrogen-bond acceptors (Lipinski definition) is 6. The number of nitrogens with zero attached hydrogens (tertiary/aromatic N) is 2. The number of hydrogen-bond donors (Lipinski definition) is 3. The molecule has 3 heterocycles. The number of halogens is 1. The Hall–Kier alpha value is -4.28. The summed E-state index contributed by atoms with van der Waals surface area (Å²) in [6.07, 6.45) is 7.64. The third-order valence-electron chi connectivity index (χ3n) is 5.71. The summed E-state index contributed by atoms with van der Waals surface area (Å²) in [4.78, 5) is 36.7. The molecule has 194 valence electrons. The van der Waals surface area contributed by atoms with Gasteiger partial charge in [0.1, 0.15) is 5.75 Å². The smallest absolute Gasteiger partial charge is 0.328 e. The van der Waals surface area contributed by atoms with Crippen LogP contribution < -0.4 is 10.2 Å². The Balaban J connectivity index is 0.000000368. The lowest BCUT2D eigenvalue weighted by Crippen LogP contribution is -2.12. The minimum Gasteiger partial charge on any atom is -0.493 e. The lowest BCUT2D eigenvalue weighted by molar-refractivity contribution is -0.134. The molecule has 3 aromatic heterocycles. The second-order valence-electron chi connectivity index (χ2n) is 8.36. The first kappa shape index (κ1) is 26.8. The second kappa shape index (κ2) is 11.8. The third-order valence-corrected chi connectivity index (χ3v) is 6.21. The zero-order valence-corrected chi connectivity index (χ0v) is 21.6. The van der Waals surface area contributed by atoms with Crippen LogP contribution in [0.15, 0.2) is 82.5 Å². The molecule has 2 aromatic carbocycles. The molecule has 0 bridgehead atoms. The standard InChI is InChI=1S/C24H19BrN2O3.C4H4O4/c25-17-4-5-19-20-11-18(30-8-2-7-28)12-21-23(20)27(22(19)10-17)14-16(24(21)29)9-15-3-1-6-26-13-15;5-3(6)1-2-4(7)8/h1,3-6,10-14,28H,2,7-9H2;1-2H,(H,5,6)(H,7,8)/b;2-1-.